The van der Waals surface area contributed by atoms with Gasteiger partial charge in [0.25, 0.3) is 0 Å². The molecule has 0 radical (unpaired) electrons. The number of rotatable bonds is 9. The lowest BCUT2D eigenvalue weighted by atomic mass is 9.89. The molecule has 0 aliphatic carbocycles. The summed E-state index contributed by atoms with van der Waals surface area (Å²) in [4.78, 5) is 7.11. The smallest absolute Gasteiger partial charge is 0.191 e. The molecule has 0 unspecified atom stereocenters. The number of hydrogen-bond donors (Lipinski definition) is 2. The van der Waals surface area contributed by atoms with Crippen molar-refractivity contribution in [1.29, 1.82) is 0 Å². The molecular formula is C16H34N4O2. The van der Waals surface area contributed by atoms with Gasteiger partial charge in [0.15, 0.2) is 5.96 Å². The van der Waals surface area contributed by atoms with E-state index in [1.54, 1.807) is 0 Å². The number of guanidine groups is 1. The molecule has 1 aliphatic heterocycles. The van der Waals surface area contributed by atoms with E-state index in [1.807, 2.05) is 6.92 Å². The summed E-state index contributed by atoms with van der Waals surface area (Å²) in [7, 11) is 4.28. The lowest BCUT2D eigenvalue weighted by molar-refractivity contribution is -0.00254. The average molecular weight is 314 g/mol. The molecule has 0 atom stereocenters. The molecule has 0 aromatic rings. The largest absolute Gasteiger partial charge is 0.382 e. The first-order chi connectivity index (χ1) is 10.6. The van der Waals surface area contributed by atoms with Crippen LogP contribution < -0.4 is 10.6 Å². The Morgan fingerprint density at radius 1 is 1.23 bits per heavy atom. The highest BCUT2D eigenvalue weighted by Gasteiger charge is 2.34. The zero-order valence-corrected chi connectivity index (χ0v) is 14.8. The van der Waals surface area contributed by atoms with Gasteiger partial charge in [0.2, 0.25) is 0 Å². The Labute approximate surface area is 135 Å². The summed E-state index contributed by atoms with van der Waals surface area (Å²) in [5.74, 6) is 0.895. The molecular weight excluding hydrogens is 280 g/mol. The van der Waals surface area contributed by atoms with Crippen LogP contribution >= 0.6 is 0 Å². The van der Waals surface area contributed by atoms with Crippen molar-refractivity contribution < 1.29 is 9.47 Å². The molecule has 2 N–H and O–H groups in total. The maximum absolute atomic E-state index is 5.51. The Morgan fingerprint density at radius 3 is 2.55 bits per heavy atom. The van der Waals surface area contributed by atoms with Gasteiger partial charge in [0, 0.05) is 45.1 Å². The molecule has 6 heteroatoms. The van der Waals surface area contributed by atoms with Crippen LogP contribution in [0.3, 0.4) is 0 Å². The third-order valence-corrected chi connectivity index (χ3v) is 4.21. The summed E-state index contributed by atoms with van der Waals surface area (Å²) in [6, 6.07) is 0. The molecule has 1 saturated heterocycles. The molecule has 1 rings (SSSR count). The fourth-order valence-corrected chi connectivity index (χ4v) is 2.59. The minimum absolute atomic E-state index is 0.117. The molecule has 1 heterocycles. The fourth-order valence-electron chi connectivity index (χ4n) is 2.59. The molecule has 0 spiro atoms. The van der Waals surface area contributed by atoms with Crippen LogP contribution in [0, 0.1) is 0 Å². The Morgan fingerprint density at radius 2 is 1.95 bits per heavy atom. The molecule has 6 nitrogen and oxygen atoms in total. The van der Waals surface area contributed by atoms with Crippen LogP contribution in [0.1, 0.15) is 33.1 Å². The topological polar surface area (TPSA) is 58.1 Å². The van der Waals surface area contributed by atoms with Crippen LogP contribution in [-0.4, -0.2) is 76.6 Å². The summed E-state index contributed by atoms with van der Waals surface area (Å²) >= 11 is 0. The van der Waals surface area contributed by atoms with Crippen LogP contribution in [0.4, 0.5) is 0 Å². The number of hydrogen-bond acceptors (Lipinski definition) is 4. The van der Waals surface area contributed by atoms with E-state index in [0.717, 1.165) is 71.3 Å². The van der Waals surface area contributed by atoms with Crippen molar-refractivity contribution in [3.63, 3.8) is 0 Å². The third kappa shape index (κ3) is 6.50. The van der Waals surface area contributed by atoms with Crippen molar-refractivity contribution >= 4 is 5.96 Å². The second-order valence-corrected chi connectivity index (χ2v) is 5.90. The highest BCUT2D eigenvalue weighted by atomic mass is 16.5. The minimum atomic E-state index is 0.117. The molecule has 0 aromatic heterocycles. The molecule has 22 heavy (non-hydrogen) atoms. The predicted molar refractivity (Wildman–Crippen MR) is 91.6 cm³/mol. The maximum Gasteiger partial charge on any atom is 0.191 e. The molecule has 130 valence electrons. The van der Waals surface area contributed by atoms with Crippen molar-refractivity contribution in [1.82, 2.24) is 15.5 Å². The van der Waals surface area contributed by atoms with Crippen LogP contribution in [-0.2, 0) is 9.47 Å². The van der Waals surface area contributed by atoms with E-state index in [0.29, 0.717) is 0 Å². The maximum atomic E-state index is 5.51. The Balaban J connectivity index is 2.51. The van der Waals surface area contributed by atoms with E-state index in [-0.39, 0.29) is 5.54 Å². The van der Waals surface area contributed by atoms with Gasteiger partial charge in [-0.15, -0.1) is 0 Å². The van der Waals surface area contributed by atoms with Crippen molar-refractivity contribution in [3.05, 3.63) is 0 Å². The lowest BCUT2D eigenvalue weighted by Crippen LogP contribution is -2.51. The van der Waals surface area contributed by atoms with E-state index in [9.17, 15) is 0 Å². The zero-order valence-electron chi connectivity index (χ0n) is 14.8. The van der Waals surface area contributed by atoms with E-state index >= 15 is 0 Å². The first kappa shape index (κ1) is 19.2. The van der Waals surface area contributed by atoms with Gasteiger partial charge in [-0.05, 0) is 47.2 Å². The second kappa shape index (κ2) is 10.8. The summed E-state index contributed by atoms with van der Waals surface area (Å²) in [6.07, 6.45) is 3.06. The minimum Gasteiger partial charge on any atom is -0.382 e. The van der Waals surface area contributed by atoms with E-state index in [1.165, 1.54) is 0 Å². The van der Waals surface area contributed by atoms with Crippen LogP contribution in [0.5, 0.6) is 0 Å². The Bertz CT molecular complexity index is 315. The first-order valence-corrected chi connectivity index (χ1v) is 8.49. The van der Waals surface area contributed by atoms with Crippen LogP contribution in [0.25, 0.3) is 0 Å². The number of nitrogens with one attached hydrogen (secondary N) is 2. The predicted octanol–water partition coefficient (Wildman–Crippen LogP) is 1.08. The van der Waals surface area contributed by atoms with Gasteiger partial charge in [-0.1, -0.05) is 0 Å². The van der Waals surface area contributed by atoms with Gasteiger partial charge in [-0.3, -0.25) is 4.99 Å². The third-order valence-electron chi connectivity index (χ3n) is 4.21. The molecule has 0 amide bonds. The lowest BCUT2D eigenvalue weighted by Gasteiger charge is -2.41. The van der Waals surface area contributed by atoms with Gasteiger partial charge < -0.3 is 25.0 Å². The van der Waals surface area contributed by atoms with Gasteiger partial charge in [0.1, 0.15) is 0 Å². The van der Waals surface area contributed by atoms with Gasteiger partial charge in [0.05, 0.1) is 6.54 Å². The quantitative estimate of drug-likeness (QED) is 0.379. The SMILES string of the molecule is CCNC(=NCC1(N(C)C)CCOCC1)NCCCOCC. The standard InChI is InChI=1S/C16H34N4O2/c1-5-17-15(18-10-7-11-21-6-2)19-14-16(20(3)4)8-12-22-13-9-16/h5-14H2,1-4H3,(H2,17,18,19). The summed E-state index contributed by atoms with van der Waals surface area (Å²) < 4.78 is 10.9. The molecule has 1 fully saturated rings. The Hall–Kier alpha value is -0.850. The van der Waals surface area contributed by atoms with Gasteiger partial charge in [-0.25, -0.2) is 0 Å². The number of ether oxygens (including phenoxy) is 2. The highest BCUT2D eigenvalue weighted by molar-refractivity contribution is 5.79. The van der Waals surface area contributed by atoms with Crippen LogP contribution in [0.2, 0.25) is 0 Å². The number of likely N-dealkylation sites (N-methyl/N-ethyl adjacent to an activating group) is 1. The number of nitrogens with zero attached hydrogens (tertiary/aromatic N) is 2. The van der Waals surface area contributed by atoms with Crippen molar-refractivity contribution in [2.75, 3.05) is 60.2 Å². The van der Waals surface area contributed by atoms with E-state index in [2.05, 4.69) is 36.6 Å². The van der Waals surface area contributed by atoms with E-state index in [4.69, 9.17) is 14.5 Å². The first-order valence-electron chi connectivity index (χ1n) is 8.49. The monoisotopic (exact) mass is 314 g/mol. The summed E-state index contributed by atoms with van der Waals surface area (Å²) in [6.45, 7) is 9.88. The van der Waals surface area contributed by atoms with Gasteiger partial charge in [-0.2, -0.15) is 0 Å². The molecule has 0 aromatic carbocycles. The van der Waals surface area contributed by atoms with Crippen molar-refractivity contribution in [3.8, 4) is 0 Å². The summed E-state index contributed by atoms with van der Waals surface area (Å²) in [5.41, 5.74) is 0.117. The molecule has 1 aliphatic rings. The van der Waals surface area contributed by atoms with Crippen molar-refractivity contribution in [2.45, 2.75) is 38.6 Å². The fraction of sp³-hybridized carbons (Fsp3) is 0.938. The summed E-state index contributed by atoms with van der Waals surface area (Å²) in [5, 5.41) is 6.70. The normalized spacial score (nSPS) is 18.5. The van der Waals surface area contributed by atoms with E-state index < -0.39 is 0 Å². The molecule has 0 saturated carbocycles. The second-order valence-electron chi connectivity index (χ2n) is 5.90. The highest BCUT2D eigenvalue weighted by Crippen LogP contribution is 2.26. The van der Waals surface area contributed by atoms with Gasteiger partial charge >= 0.3 is 0 Å². The average Bonchev–Trinajstić information content (AvgIpc) is 2.53. The van der Waals surface area contributed by atoms with Crippen molar-refractivity contribution in [2.24, 2.45) is 4.99 Å². The number of aliphatic imine (C=N–C) groups is 1. The Kier molecular flexibility index (Phi) is 9.43. The molecule has 0 bridgehead atoms. The zero-order chi connectivity index (χ0) is 16.3. The van der Waals surface area contributed by atoms with Crippen LogP contribution in [0.15, 0.2) is 4.99 Å².